The Morgan fingerprint density at radius 3 is 2.29 bits per heavy atom. The van der Waals surface area contributed by atoms with Gasteiger partial charge in [0, 0.05) is 6.04 Å². The lowest BCUT2D eigenvalue weighted by Crippen LogP contribution is -2.29. The summed E-state index contributed by atoms with van der Waals surface area (Å²) in [4.78, 5) is 0. The van der Waals surface area contributed by atoms with Gasteiger partial charge in [-0.3, -0.25) is 0 Å². The Balaban J connectivity index is 3.82. The molecule has 84 valence electrons. The van der Waals surface area contributed by atoms with Crippen LogP contribution in [-0.2, 0) is 0 Å². The van der Waals surface area contributed by atoms with Crippen molar-refractivity contribution in [3.8, 4) is 0 Å². The van der Waals surface area contributed by atoms with Gasteiger partial charge in [0.1, 0.15) is 0 Å². The van der Waals surface area contributed by atoms with Crippen molar-refractivity contribution in [1.82, 2.24) is 5.32 Å². The first-order valence-electron chi connectivity index (χ1n) is 6.00. The zero-order chi connectivity index (χ0) is 11.0. The van der Waals surface area contributed by atoms with Gasteiger partial charge in [-0.15, -0.1) is 0 Å². The Kier molecular flexibility index (Phi) is 7.87. The van der Waals surface area contributed by atoms with Crippen molar-refractivity contribution in [3.63, 3.8) is 0 Å². The predicted octanol–water partition coefficient (Wildman–Crippen LogP) is 3.76. The normalized spacial score (nSPS) is 13.2. The summed E-state index contributed by atoms with van der Waals surface area (Å²) in [6.45, 7) is 14.1. The Morgan fingerprint density at radius 2 is 1.86 bits per heavy atom. The maximum atomic E-state index is 4.08. The molecule has 0 aliphatic carbocycles. The molecule has 1 nitrogen and oxygen atoms in total. The second-order valence-corrected chi connectivity index (χ2v) is 4.53. The molecule has 0 heterocycles. The Bertz CT molecular complexity index is 149. The van der Waals surface area contributed by atoms with E-state index >= 15 is 0 Å². The van der Waals surface area contributed by atoms with Gasteiger partial charge in [0.25, 0.3) is 0 Å². The zero-order valence-electron chi connectivity index (χ0n) is 10.4. The van der Waals surface area contributed by atoms with Crippen LogP contribution in [0.3, 0.4) is 0 Å². The van der Waals surface area contributed by atoms with E-state index in [4.69, 9.17) is 0 Å². The molecule has 0 bridgehead atoms. The van der Waals surface area contributed by atoms with E-state index in [2.05, 4.69) is 39.6 Å². The first kappa shape index (κ1) is 13.7. The summed E-state index contributed by atoms with van der Waals surface area (Å²) in [5, 5.41) is 3.54. The fourth-order valence-corrected chi connectivity index (χ4v) is 1.59. The van der Waals surface area contributed by atoms with Gasteiger partial charge in [0.2, 0.25) is 0 Å². The van der Waals surface area contributed by atoms with Crippen molar-refractivity contribution in [1.29, 1.82) is 0 Å². The van der Waals surface area contributed by atoms with E-state index < -0.39 is 0 Å². The number of rotatable bonds is 8. The van der Waals surface area contributed by atoms with Crippen LogP contribution in [-0.4, -0.2) is 12.6 Å². The second-order valence-electron chi connectivity index (χ2n) is 4.53. The first-order chi connectivity index (χ1) is 6.60. The molecule has 0 amide bonds. The van der Waals surface area contributed by atoms with Crippen molar-refractivity contribution in [3.05, 3.63) is 12.2 Å². The minimum absolute atomic E-state index is 0.648. The molecule has 1 unspecified atom stereocenters. The fourth-order valence-electron chi connectivity index (χ4n) is 1.59. The van der Waals surface area contributed by atoms with Gasteiger partial charge in [-0.2, -0.15) is 0 Å². The molecule has 0 saturated heterocycles. The molecule has 14 heavy (non-hydrogen) atoms. The predicted molar refractivity (Wildman–Crippen MR) is 65.6 cm³/mol. The lowest BCUT2D eigenvalue weighted by Gasteiger charge is -2.19. The maximum Gasteiger partial charge on any atom is 0.0104 e. The van der Waals surface area contributed by atoms with Gasteiger partial charge in [-0.05, 0) is 38.1 Å². The Labute approximate surface area is 90.0 Å². The van der Waals surface area contributed by atoms with Gasteiger partial charge in [-0.1, -0.05) is 39.8 Å². The molecule has 0 aliphatic rings. The van der Waals surface area contributed by atoms with Crippen LogP contribution >= 0.6 is 0 Å². The van der Waals surface area contributed by atoms with Crippen LogP contribution in [0.5, 0.6) is 0 Å². The fraction of sp³-hybridized carbons (Fsp3) is 0.846. The molecule has 0 radical (unpaired) electrons. The SMILES string of the molecule is C=C(CC)CC(CCC(C)C)NCC. The quantitative estimate of drug-likeness (QED) is 0.584. The lowest BCUT2D eigenvalue weighted by molar-refractivity contribution is 0.432. The summed E-state index contributed by atoms with van der Waals surface area (Å²) in [5.74, 6) is 0.811. The van der Waals surface area contributed by atoms with Crippen molar-refractivity contribution in [2.75, 3.05) is 6.54 Å². The standard InChI is InChI=1S/C13H27N/c1-6-12(5)10-13(14-7-2)9-8-11(3)4/h11,13-14H,5-10H2,1-4H3. The minimum atomic E-state index is 0.648. The van der Waals surface area contributed by atoms with Gasteiger partial charge >= 0.3 is 0 Å². The van der Waals surface area contributed by atoms with Crippen LogP contribution in [0.2, 0.25) is 0 Å². The summed E-state index contributed by atoms with van der Waals surface area (Å²) in [6.07, 6.45) is 4.86. The molecule has 0 aromatic heterocycles. The molecule has 1 atom stereocenters. The van der Waals surface area contributed by atoms with Gasteiger partial charge in [-0.25, -0.2) is 0 Å². The average molecular weight is 197 g/mol. The highest BCUT2D eigenvalue weighted by atomic mass is 14.9. The summed E-state index contributed by atoms with van der Waals surface area (Å²) in [6, 6.07) is 0.648. The minimum Gasteiger partial charge on any atom is -0.314 e. The van der Waals surface area contributed by atoms with Crippen LogP contribution < -0.4 is 5.32 Å². The summed E-state index contributed by atoms with van der Waals surface area (Å²) in [7, 11) is 0. The van der Waals surface area contributed by atoms with E-state index in [0.717, 1.165) is 25.3 Å². The van der Waals surface area contributed by atoms with E-state index in [-0.39, 0.29) is 0 Å². The smallest absolute Gasteiger partial charge is 0.0104 e. The molecule has 0 saturated carbocycles. The van der Waals surface area contributed by atoms with Gasteiger partial charge in [0.15, 0.2) is 0 Å². The van der Waals surface area contributed by atoms with Crippen LogP contribution in [0.15, 0.2) is 12.2 Å². The summed E-state index contributed by atoms with van der Waals surface area (Å²) < 4.78 is 0. The second kappa shape index (κ2) is 8.05. The third-order valence-electron chi connectivity index (χ3n) is 2.62. The Morgan fingerprint density at radius 1 is 1.21 bits per heavy atom. The molecule has 0 rings (SSSR count). The largest absolute Gasteiger partial charge is 0.314 e. The molecule has 0 aliphatic heterocycles. The molecule has 0 aromatic rings. The molecule has 1 N–H and O–H groups in total. The summed E-state index contributed by atoms with van der Waals surface area (Å²) in [5.41, 5.74) is 1.37. The average Bonchev–Trinajstić information content (AvgIpc) is 2.14. The summed E-state index contributed by atoms with van der Waals surface area (Å²) >= 11 is 0. The topological polar surface area (TPSA) is 12.0 Å². The van der Waals surface area contributed by atoms with Crippen molar-refractivity contribution in [2.45, 2.75) is 59.4 Å². The third kappa shape index (κ3) is 7.14. The monoisotopic (exact) mass is 197 g/mol. The van der Waals surface area contributed by atoms with E-state index in [1.54, 1.807) is 0 Å². The van der Waals surface area contributed by atoms with Crippen molar-refractivity contribution >= 4 is 0 Å². The highest BCUT2D eigenvalue weighted by molar-refractivity contribution is 4.96. The highest BCUT2D eigenvalue weighted by Crippen LogP contribution is 2.14. The Hall–Kier alpha value is -0.300. The number of nitrogens with one attached hydrogen (secondary N) is 1. The lowest BCUT2D eigenvalue weighted by atomic mass is 9.97. The van der Waals surface area contributed by atoms with E-state index in [0.29, 0.717) is 6.04 Å². The van der Waals surface area contributed by atoms with Gasteiger partial charge < -0.3 is 5.32 Å². The van der Waals surface area contributed by atoms with E-state index in [1.807, 2.05) is 0 Å². The van der Waals surface area contributed by atoms with Crippen LogP contribution in [0.1, 0.15) is 53.4 Å². The molecule has 0 spiro atoms. The number of hydrogen-bond donors (Lipinski definition) is 1. The van der Waals surface area contributed by atoms with E-state index in [1.165, 1.54) is 18.4 Å². The maximum absolute atomic E-state index is 4.08. The third-order valence-corrected chi connectivity index (χ3v) is 2.62. The van der Waals surface area contributed by atoms with Crippen LogP contribution in [0.25, 0.3) is 0 Å². The molecule has 0 fully saturated rings. The van der Waals surface area contributed by atoms with Crippen molar-refractivity contribution in [2.24, 2.45) is 5.92 Å². The molecule has 0 aromatic carbocycles. The van der Waals surface area contributed by atoms with Crippen LogP contribution in [0.4, 0.5) is 0 Å². The first-order valence-corrected chi connectivity index (χ1v) is 6.00. The van der Waals surface area contributed by atoms with E-state index in [9.17, 15) is 0 Å². The van der Waals surface area contributed by atoms with Crippen molar-refractivity contribution < 1.29 is 0 Å². The zero-order valence-corrected chi connectivity index (χ0v) is 10.4. The van der Waals surface area contributed by atoms with Crippen LogP contribution in [0, 0.1) is 5.92 Å². The number of hydrogen-bond acceptors (Lipinski definition) is 1. The molecule has 1 heteroatoms. The van der Waals surface area contributed by atoms with Gasteiger partial charge in [0.05, 0.1) is 0 Å². The highest BCUT2D eigenvalue weighted by Gasteiger charge is 2.08. The molecular formula is C13H27N. The molecular weight excluding hydrogens is 170 g/mol.